The lowest BCUT2D eigenvalue weighted by Crippen LogP contribution is -2.18. The van der Waals surface area contributed by atoms with Gasteiger partial charge in [0.15, 0.2) is 0 Å². The fourth-order valence-electron chi connectivity index (χ4n) is 1.46. The molecule has 0 bridgehead atoms. The molecule has 0 atom stereocenters. The van der Waals surface area contributed by atoms with Crippen LogP contribution in [0, 0.1) is 5.41 Å². The van der Waals surface area contributed by atoms with Crippen molar-refractivity contribution in [1.82, 2.24) is 0 Å². The number of halogens is 2. The molecule has 0 amide bonds. The Labute approximate surface area is 77.9 Å². The van der Waals surface area contributed by atoms with Crippen molar-refractivity contribution in [3.8, 4) is 0 Å². The van der Waals surface area contributed by atoms with E-state index in [2.05, 4.69) is 18.7 Å². The molecule has 0 nitrogen and oxygen atoms in total. The number of rotatable bonds is 3. The number of allylic oxidation sites excluding steroid dienone is 3. The molecule has 0 saturated heterocycles. The molecule has 0 spiro atoms. The summed E-state index contributed by atoms with van der Waals surface area (Å²) in [5, 5.41) is 0.717. The molecule has 0 fully saturated rings. The molecule has 0 heterocycles. The average Bonchev–Trinajstić information content (AvgIpc) is 2.36. The maximum absolute atomic E-state index is 5.87. The van der Waals surface area contributed by atoms with Crippen LogP contribution in [0.1, 0.15) is 19.3 Å². The van der Waals surface area contributed by atoms with E-state index in [9.17, 15) is 0 Å². The zero-order valence-corrected chi connectivity index (χ0v) is 7.96. The first kappa shape index (κ1) is 9.15. The van der Waals surface area contributed by atoms with Crippen molar-refractivity contribution >= 4 is 23.2 Å². The fourth-order valence-corrected chi connectivity index (χ4v) is 2.05. The smallest absolute Gasteiger partial charge is 0.0289 e. The molecule has 0 aromatic carbocycles. The maximum Gasteiger partial charge on any atom is 0.0289 e. The van der Waals surface area contributed by atoms with E-state index in [1.807, 2.05) is 0 Å². The van der Waals surface area contributed by atoms with Gasteiger partial charge >= 0.3 is 0 Å². The van der Waals surface area contributed by atoms with Crippen LogP contribution >= 0.6 is 23.2 Å². The van der Waals surface area contributed by atoms with Crippen molar-refractivity contribution in [3.05, 3.63) is 23.8 Å². The normalized spacial score (nSPS) is 20.5. The van der Waals surface area contributed by atoms with Gasteiger partial charge in [-0.3, -0.25) is 0 Å². The third-order valence-corrected chi connectivity index (χ3v) is 2.82. The Morgan fingerprint density at radius 2 is 2.00 bits per heavy atom. The van der Waals surface area contributed by atoms with E-state index in [0.717, 1.165) is 19.3 Å². The van der Waals surface area contributed by atoms with E-state index in [0.29, 0.717) is 10.9 Å². The van der Waals surface area contributed by atoms with Gasteiger partial charge in [-0.2, -0.15) is 0 Å². The van der Waals surface area contributed by atoms with Gasteiger partial charge in [0.1, 0.15) is 0 Å². The topological polar surface area (TPSA) is 0 Å². The standard InChI is InChI=1S/C9H12Cl2/c1-8(11)6-9(7-10)4-2-3-5-9/h2-3H,1,4-7H2. The van der Waals surface area contributed by atoms with Gasteiger partial charge in [0.05, 0.1) is 0 Å². The molecule has 0 aromatic heterocycles. The van der Waals surface area contributed by atoms with Crippen LogP contribution in [0.5, 0.6) is 0 Å². The second-order valence-electron chi connectivity index (χ2n) is 3.21. The molecule has 1 rings (SSSR count). The highest BCUT2D eigenvalue weighted by molar-refractivity contribution is 6.29. The largest absolute Gasteiger partial charge is 0.126 e. The molecule has 11 heavy (non-hydrogen) atoms. The third kappa shape index (κ3) is 2.25. The van der Waals surface area contributed by atoms with Gasteiger partial charge in [0, 0.05) is 10.9 Å². The van der Waals surface area contributed by atoms with E-state index >= 15 is 0 Å². The zero-order valence-electron chi connectivity index (χ0n) is 6.45. The van der Waals surface area contributed by atoms with Crippen LogP contribution in [0.2, 0.25) is 0 Å². The van der Waals surface area contributed by atoms with Crippen LogP contribution in [0.3, 0.4) is 0 Å². The van der Waals surface area contributed by atoms with Crippen LogP contribution in [0.4, 0.5) is 0 Å². The first-order valence-electron chi connectivity index (χ1n) is 3.73. The van der Waals surface area contributed by atoms with Crippen molar-refractivity contribution < 1.29 is 0 Å². The Morgan fingerprint density at radius 1 is 1.45 bits per heavy atom. The van der Waals surface area contributed by atoms with Crippen LogP contribution in [0.25, 0.3) is 0 Å². The molecule has 0 radical (unpaired) electrons. The van der Waals surface area contributed by atoms with E-state index in [1.54, 1.807) is 0 Å². The minimum atomic E-state index is 0.181. The second-order valence-corrected chi connectivity index (χ2v) is 4.01. The Bertz CT molecular complexity index is 174. The van der Waals surface area contributed by atoms with Crippen molar-refractivity contribution in [2.24, 2.45) is 5.41 Å². The van der Waals surface area contributed by atoms with E-state index in [1.165, 1.54) is 0 Å². The van der Waals surface area contributed by atoms with Crippen LogP contribution in [-0.4, -0.2) is 5.88 Å². The van der Waals surface area contributed by atoms with Crippen LogP contribution in [0.15, 0.2) is 23.8 Å². The summed E-state index contributed by atoms with van der Waals surface area (Å²) < 4.78 is 0. The molecule has 1 aliphatic rings. The molecule has 0 saturated carbocycles. The average molecular weight is 191 g/mol. The van der Waals surface area contributed by atoms with Gasteiger partial charge in [-0.05, 0) is 24.7 Å². The monoisotopic (exact) mass is 190 g/mol. The predicted octanol–water partition coefficient (Wildman–Crippen LogP) is 3.70. The first-order valence-corrected chi connectivity index (χ1v) is 4.64. The molecule has 0 aliphatic heterocycles. The number of hydrogen-bond donors (Lipinski definition) is 0. The lowest BCUT2D eigenvalue weighted by atomic mass is 9.84. The van der Waals surface area contributed by atoms with E-state index < -0.39 is 0 Å². The van der Waals surface area contributed by atoms with Gasteiger partial charge in [0.25, 0.3) is 0 Å². The number of hydrogen-bond acceptors (Lipinski definition) is 0. The summed E-state index contributed by atoms with van der Waals surface area (Å²) in [6.07, 6.45) is 7.26. The lowest BCUT2D eigenvalue weighted by molar-refractivity contribution is 0.361. The zero-order chi connectivity index (χ0) is 8.32. The Morgan fingerprint density at radius 3 is 2.36 bits per heavy atom. The Kier molecular flexibility index (Phi) is 3.03. The van der Waals surface area contributed by atoms with E-state index in [-0.39, 0.29) is 5.41 Å². The lowest BCUT2D eigenvalue weighted by Gasteiger charge is -2.25. The van der Waals surface area contributed by atoms with Gasteiger partial charge < -0.3 is 0 Å². The Balaban J connectivity index is 2.54. The summed E-state index contributed by atoms with van der Waals surface area (Å²) in [7, 11) is 0. The number of alkyl halides is 1. The molecule has 0 unspecified atom stereocenters. The summed E-state index contributed by atoms with van der Waals surface area (Å²) in [6, 6.07) is 0. The molecule has 62 valence electrons. The highest BCUT2D eigenvalue weighted by Gasteiger charge is 2.30. The summed E-state index contributed by atoms with van der Waals surface area (Å²) >= 11 is 11.6. The molecular formula is C9H12Cl2. The fraction of sp³-hybridized carbons (Fsp3) is 0.556. The summed E-state index contributed by atoms with van der Waals surface area (Å²) in [5.74, 6) is 0.672. The molecule has 1 aliphatic carbocycles. The molecular weight excluding hydrogens is 179 g/mol. The van der Waals surface area contributed by atoms with Crippen molar-refractivity contribution in [3.63, 3.8) is 0 Å². The van der Waals surface area contributed by atoms with Gasteiger partial charge in [-0.15, -0.1) is 11.6 Å². The maximum atomic E-state index is 5.87. The van der Waals surface area contributed by atoms with Crippen molar-refractivity contribution in [1.29, 1.82) is 0 Å². The molecule has 2 heteroatoms. The van der Waals surface area contributed by atoms with Crippen molar-refractivity contribution in [2.75, 3.05) is 5.88 Å². The summed E-state index contributed by atoms with van der Waals surface area (Å²) in [4.78, 5) is 0. The van der Waals surface area contributed by atoms with Gasteiger partial charge in [0.2, 0.25) is 0 Å². The highest BCUT2D eigenvalue weighted by atomic mass is 35.5. The first-order chi connectivity index (χ1) is 5.18. The third-order valence-electron chi connectivity index (χ3n) is 2.12. The second kappa shape index (κ2) is 3.64. The van der Waals surface area contributed by atoms with E-state index in [4.69, 9.17) is 23.2 Å². The molecule has 0 N–H and O–H groups in total. The van der Waals surface area contributed by atoms with Gasteiger partial charge in [-0.1, -0.05) is 30.3 Å². The van der Waals surface area contributed by atoms with Crippen LogP contribution in [-0.2, 0) is 0 Å². The summed E-state index contributed by atoms with van der Waals surface area (Å²) in [6.45, 7) is 3.69. The molecule has 0 aromatic rings. The minimum Gasteiger partial charge on any atom is -0.126 e. The highest BCUT2D eigenvalue weighted by Crippen LogP contribution is 2.40. The van der Waals surface area contributed by atoms with Gasteiger partial charge in [-0.25, -0.2) is 0 Å². The Hall–Kier alpha value is 0.0600. The predicted molar refractivity (Wildman–Crippen MR) is 51.1 cm³/mol. The summed E-state index contributed by atoms with van der Waals surface area (Å²) in [5.41, 5.74) is 0.181. The minimum absolute atomic E-state index is 0.181. The SMILES string of the molecule is C=C(Cl)CC1(CCl)CC=CC1. The van der Waals surface area contributed by atoms with Crippen LogP contribution < -0.4 is 0 Å². The quantitative estimate of drug-likeness (QED) is 0.471. The van der Waals surface area contributed by atoms with Crippen molar-refractivity contribution in [2.45, 2.75) is 19.3 Å².